The number of halogens is 1. The summed E-state index contributed by atoms with van der Waals surface area (Å²) in [5, 5.41) is 14.6. The molecule has 1 aromatic carbocycles. The molecule has 0 saturated heterocycles. The van der Waals surface area contributed by atoms with Crippen molar-refractivity contribution in [3.05, 3.63) is 41.1 Å². The number of allylic oxidation sites excluding steroid dienone is 1. The first-order valence-corrected chi connectivity index (χ1v) is 8.28. The summed E-state index contributed by atoms with van der Waals surface area (Å²) < 4.78 is 30.9. The van der Waals surface area contributed by atoms with Crippen LogP contribution in [0.15, 0.2) is 46.0 Å². The highest BCUT2D eigenvalue weighted by Crippen LogP contribution is 2.20. The third-order valence-electron chi connectivity index (χ3n) is 2.78. The molecule has 0 saturated carbocycles. The second kappa shape index (κ2) is 6.95. The van der Waals surface area contributed by atoms with Gasteiger partial charge in [0.15, 0.2) is 0 Å². The Balaban J connectivity index is 2.12. The van der Waals surface area contributed by atoms with Crippen molar-refractivity contribution in [2.75, 3.05) is 7.11 Å². The Hall–Kier alpha value is -2.50. The van der Waals surface area contributed by atoms with Gasteiger partial charge in [-0.25, -0.2) is 23.4 Å². The minimum Gasteiger partial charge on any atom is -0.480 e. The maximum atomic E-state index is 12.1. The zero-order valence-electron chi connectivity index (χ0n) is 12.6. The van der Waals surface area contributed by atoms with E-state index in [9.17, 15) is 18.4 Å². The molecule has 0 atom stereocenters. The monoisotopic (exact) mass is 375 g/mol. The van der Waals surface area contributed by atoms with Crippen molar-refractivity contribution in [3.63, 3.8) is 0 Å². The van der Waals surface area contributed by atoms with Crippen molar-refractivity contribution < 1.29 is 23.2 Å². The van der Waals surface area contributed by atoms with Crippen molar-refractivity contribution in [1.29, 1.82) is 0 Å². The molecule has 0 aliphatic carbocycles. The summed E-state index contributed by atoms with van der Waals surface area (Å²) in [6.07, 6.45) is 1.40. The van der Waals surface area contributed by atoms with Gasteiger partial charge in [-0.1, -0.05) is 34.1 Å². The van der Waals surface area contributed by atoms with Gasteiger partial charge in [-0.3, -0.25) is 5.21 Å². The molecule has 0 radical (unpaired) electrons. The number of methoxy groups -OCH3 is 1. The number of nitrogens with one attached hydrogen (secondary N) is 2. The summed E-state index contributed by atoms with van der Waals surface area (Å²) in [6, 6.07) is 4.46. The molecule has 1 aliphatic heterocycles. The molecule has 3 N–H and O–H groups in total. The maximum absolute atomic E-state index is 12.1. The lowest BCUT2D eigenvalue weighted by molar-refractivity contribution is -0.237. The number of carbonyl (C=O) groups excluding carboxylic acids is 1. The molecule has 0 bridgehead atoms. The van der Waals surface area contributed by atoms with Gasteiger partial charge in [0.1, 0.15) is 4.90 Å². The van der Waals surface area contributed by atoms with E-state index in [0.717, 1.165) is 0 Å². The molecule has 2 rings (SSSR count). The van der Waals surface area contributed by atoms with Crippen molar-refractivity contribution in [1.82, 2.24) is 20.5 Å². The normalized spacial score (nSPS) is 14.7. The van der Waals surface area contributed by atoms with Crippen LogP contribution in [0.4, 0.5) is 4.79 Å². The number of hydrazone groups is 1. The van der Waals surface area contributed by atoms with Crippen molar-refractivity contribution >= 4 is 33.6 Å². The molecule has 10 nitrogen and oxygen atoms in total. The number of sulfonamides is 1. The van der Waals surface area contributed by atoms with Crippen LogP contribution in [-0.2, 0) is 14.8 Å². The molecule has 1 aliphatic rings. The Labute approximate surface area is 142 Å². The third-order valence-corrected chi connectivity index (χ3v) is 4.62. The highest BCUT2D eigenvalue weighted by atomic mass is 35.5. The van der Waals surface area contributed by atoms with Gasteiger partial charge in [-0.2, -0.15) is 0 Å². The summed E-state index contributed by atoms with van der Waals surface area (Å²) in [7, 11) is -2.86. The molecular weight excluding hydrogens is 362 g/mol. The lowest BCUT2D eigenvalue weighted by atomic mass is 10.4. The molecule has 0 unspecified atom stereocenters. The number of ether oxygens (including phenoxy) is 1. The quantitative estimate of drug-likeness (QED) is 0.720. The van der Waals surface area contributed by atoms with Crippen LogP contribution in [0.2, 0.25) is 5.02 Å². The first-order chi connectivity index (χ1) is 11.2. The van der Waals surface area contributed by atoms with Crippen LogP contribution in [0.1, 0.15) is 6.92 Å². The van der Waals surface area contributed by atoms with Gasteiger partial charge in [0.2, 0.25) is 5.90 Å². The third kappa shape index (κ3) is 3.88. The highest BCUT2D eigenvalue weighted by molar-refractivity contribution is 7.90. The smallest absolute Gasteiger partial charge is 0.350 e. The zero-order chi connectivity index (χ0) is 17.9. The number of hydrazine groups is 2. The number of hydrogen-bond donors (Lipinski definition) is 3. The number of rotatable bonds is 3. The van der Waals surface area contributed by atoms with Gasteiger partial charge in [0.25, 0.3) is 10.0 Å². The largest absolute Gasteiger partial charge is 0.480 e. The average Bonchev–Trinajstić information content (AvgIpc) is 2.51. The van der Waals surface area contributed by atoms with Crippen molar-refractivity contribution in [2.45, 2.75) is 11.8 Å². The van der Waals surface area contributed by atoms with E-state index < -0.39 is 16.1 Å². The summed E-state index contributed by atoms with van der Waals surface area (Å²) >= 11 is 5.81. The molecule has 130 valence electrons. The fourth-order valence-electron chi connectivity index (χ4n) is 1.68. The molecule has 0 spiro atoms. The SMILES string of the molecule is COC1=NN(NC(=O)NS(=O)(=O)c2ccccc2Cl)N(O)C(C)=C1. The number of benzene rings is 1. The van der Waals surface area contributed by atoms with Gasteiger partial charge in [-0.05, 0) is 19.1 Å². The van der Waals surface area contributed by atoms with E-state index in [-0.39, 0.29) is 21.5 Å². The Morgan fingerprint density at radius 1 is 1.38 bits per heavy atom. The van der Waals surface area contributed by atoms with Crippen LogP contribution in [-0.4, -0.2) is 43.1 Å². The Morgan fingerprint density at radius 3 is 2.67 bits per heavy atom. The summed E-state index contributed by atoms with van der Waals surface area (Å²) in [6.45, 7) is 1.51. The second-order valence-corrected chi connectivity index (χ2v) is 6.54. The number of urea groups is 1. The van der Waals surface area contributed by atoms with Crippen LogP contribution < -0.4 is 10.1 Å². The number of carbonyl (C=O) groups is 1. The lowest BCUT2D eigenvalue weighted by Crippen LogP contribution is -2.53. The minimum atomic E-state index is -4.21. The summed E-state index contributed by atoms with van der Waals surface area (Å²) in [5.74, 6) is 0.0899. The van der Waals surface area contributed by atoms with Gasteiger partial charge < -0.3 is 4.74 Å². The Kier molecular flexibility index (Phi) is 5.17. The van der Waals surface area contributed by atoms with Crippen LogP contribution in [0.5, 0.6) is 0 Å². The number of hydroxylamine groups is 1. The van der Waals surface area contributed by atoms with Crippen LogP contribution in [0, 0.1) is 0 Å². The predicted molar refractivity (Wildman–Crippen MR) is 84.0 cm³/mol. The maximum Gasteiger partial charge on any atom is 0.350 e. The molecule has 0 fully saturated rings. The zero-order valence-corrected chi connectivity index (χ0v) is 14.2. The van der Waals surface area contributed by atoms with E-state index in [1.807, 2.05) is 5.43 Å². The van der Waals surface area contributed by atoms with Crippen LogP contribution in [0.25, 0.3) is 0 Å². The van der Waals surface area contributed by atoms with E-state index in [2.05, 4.69) is 5.10 Å². The predicted octanol–water partition coefficient (Wildman–Crippen LogP) is 1.03. The van der Waals surface area contributed by atoms with Gasteiger partial charge in [0.05, 0.1) is 17.8 Å². The molecule has 1 heterocycles. The number of nitrogens with zero attached hydrogens (tertiary/aromatic N) is 3. The van der Waals surface area contributed by atoms with Crippen LogP contribution >= 0.6 is 11.6 Å². The lowest BCUT2D eigenvalue weighted by Gasteiger charge is -2.30. The van der Waals surface area contributed by atoms with E-state index >= 15 is 0 Å². The summed E-state index contributed by atoms with van der Waals surface area (Å²) in [5.41, 5.74) is 2.31. The minimum absolute atomic E-state index is 0.0435. The molecule has 0 aromatic heterocycles. The summed E-state index contributed by atoms with van der Waals surface area (Å²) in [4.78, 5) is 11.6. The average molecular weight is 376 g/mol. The molecule has 12 heteroatoms. The molecule has 2 amide bonds. The first kappa shape index (κ1) is 17.8. The highest BCUT2D eigenvalue weighted by Gasteiger charge is 2.25. The second-order valence-electron chi connectivity index (χ2n) is 4.48. The molecule has 24 heavy (non-hydrogen) atoms. The fourth-order valence-corrected chi connectivity index (χ4v) is 3.10. The topological polar surface area (TPSA) is 124 Å². The van der Waals surface area contributed by atoms with Gasteiger partial charge >= 0.3 is 6.03 Å². The number of amides is 2. The fraction of sp³-hybridized carbons (Fsp3) is 0.167. The Bertz CT molecular complexity index is 810. The van der Waals surface area contributed by atoms with Gasteiger partial charge in [0, 0.05) is 6.08 Å². The van der Waals surface area contributed by atoms with E-state index in [4.69, 9.17) is 16.3 Å². The molecular formula is C12H14ClN5O5S. The van der Waals surface area contributed by atoms with Crippen LogP contribution in [0.3, 0.4) is 0 Å². The molecule has 1 aromatic rings. The Morgan fingerprint density at radius 2 is 2.04 bits per heavy atom. The van der Waals surface area contributed by atoms with Gasteiger partial charge in [-0.15, -0.1) is 5.17 Å². The standard InChI is InChI=1S/C12H14ClN5O5S/c1-8-7-11(23-2)14-18(17(8)20)15-12(19)16-24(21,22)10-6-4-3-5-9(10)13/h3-7,20H,1-2H3,(H2,15,16,19). The van der Waals surface area contributed by atoms with Crippen molar-refractivity contribution in [3.8, 4) is 0 Å². The van der Waals surface area contributed by atoms with E-state index in [0.29, 0.717) is 10.4 Å². The first-order valence-electron chi connectivity index (χ1n) is 6.42. The van der Waals surface area contributed by atoms with E-state index in [1.165, 1.54) is 38.3 Å². The van der Waals surface area contributed by atoms with E-state index in [1.54, 1.807) is 10.8 Å². The van der Waals surface area contributed by atoms with Crippen molar-refractivity contribution in [2.24, 2.45) is 5.10 Å². The number of hydrogen-bond acceptors (Lipinski definition) is 8.